The van der Waals surface area contributed by atoms with Crippen molar-refractivity contribution in [2.24, 2.45) is 4.99 Å². The Labute approximate surface area is 167 Å². The molecule has 0 fully saturated rings. The first-order valence-corrected chi connectivity index (χ1v) is 7.79. The first-order chi connectivity index (χ1) is 12.0. The quantitative estimate of drug-likeness (QED) is 0.354. The van der Waals surface area contributed by atoms with Gasteiger partial charge in [-0.15, -0.1) is 24.0 Å². The zero-order valence-corrected chi connectivity index (χ0v) is 16.5. The molecule has 0 amide bonds. The van der Waals surface area contributed by atoms with Gasteiger partial charge in [0.15, 0.2) is 12.6 Å². The van der Waals surface area contributed by atoms with Gasteiger partial charge < -0.3 is 19.8 Å². The van der Waals surface area contributed by atoms with E-state index in [0.29, 0.717) is 25.6 Å². The molecule has 144 valence electrons. The fourth-order valence-corrected chi connectivity index (χ4v) is 1.95. The van der Waals surface area contributed by atoms with Crippen LogP contribution in [0.15, 0.2) is 52.1 Å². The maximum absolute atomic E-state index is 12.1. The zero-order valence-electron chi connectivity index (χ0n) is 14.2. The number of halogens is 4. The second-order valence-electron chi connectivity index (χ2n) is 5.18. The molecule has 0 aliphatic rings. The van der Waals surface area contributed by atoms with Crippen molar-refractivity contribution in [3.8, 4) is 5.75 Å². The van der Waals surface area contributed by atoms with Crippen molar-refractivity contribution in [2.75, 3.05) is 13.2 Å². The van der Waals surface area contributed by atoms with Gasteiger partial charge in [-0.05, 0) is 36.8 Å². The highest BCUT2D eigenvalue weighted by molar-refractivity contribution is 14.0. The molecule has 0 saturated heterocycles. The van der Waals surface area contributed by atoms with E-state index in [9.17, 15) is 13.2 Å². The number of aliphatic imine (C=N–C) groups is 1. The number of ether oxygens (including phenoxy) is 1. The smallest absolute Gasteiger partial charge is 0.422 e. The Morgan fingerprint density at radius 3 is 2.46 bits per heavy atom. The fourth-order valence-electron chi connectivity index (χ4n) is 1.95. The Bertz CT molecular complexity index is 659. The Hall–Kier alpha value is -1.91. The van der Waals surface area contributed by atoms with Gasteiger partial charge in [0.1, 0.15) is 11.5 Å². The van der Waals surface area contributed by atoms with Crippen LogP contribution < -0.4 is 15.4 Å². The Morgan fingerprint density at radius 1 is 1.15 bits per heavy atom. The van der Waals surface area contributed by atoms with Gasteiger partial charge in [0.25, 0.3) is 0 Å². The third-order valence-electron chi connectivity index (χ3n) is 3.10. The normalized spacial score (nSPS) is 11.6. The van der Waals surface area contributed by atoms with Crippen LogP contribution in [0.3, 0.4) is 0 Å². The topological polar surface area (TPSA) is 58.8 Å². The highest BCUT2D eigenvalue weighted by atomic mass is 127. The number of hydrogen-bond acceptors (Lipinski definition) is 3. The van der Waals surface area contributed by atoms with Gasteiger partial charge >= 0.3 is 6.18 Å². The maximum Gasteiger partial charge on any atom is 0.422 e. The summed E-state index contributed by atoms with van der Waals surface area (Å²) in [6, 6.07) is 10.0. The average molecular weight is 483 g/mol. The summed E-state index contributed by atoms with van der Waals surface area (Å²) in [5.41, 5.74) is 0.856. The number of nitrogens with zero attached hydrogens (tertiary/aromatic N) is 1. The van der Waals surface area contributed by atoms with Crippen LogP contribution in [0.5, 0.6) is 5.75 Å². The summed E-state index contributed by atoms with van der Waals surface area (Å²) in [5.74, 6) is 1.58. The molecule has 2 rings (SSSR count). The van der Waals surface area contributed by atoms with Crippen molar-refractivity contribution >= 4 is 29.9 Å². The summed E-state index contributed by atoms with van der Waals surface area (Å²) < 4.78 is 46.3. The molecule has 1 heterocycles. The van der Waals surface area contributed by atoms with Crippen LogP contribution in [-0.4, -0.2) is 25.3 Å². The Morgan fingerprint density at radius 2 is 1.88 bits per heavy atom. The highest BCUT2D eigenvalue weighted by Gasteiger charge is 2.28. The van der Waals surface area contributed by atoms with Crippen molar-refractivity contribution in [3.05, 3.63) is 54.0 Å². The Kier molecular flexibility index (Phi) is 9.31. The second-order valence-corrected chi connectivity index (χ2v) is 5.18. The SMILES string of the molecule is CCNC(=NCc1ccc(OCC(F)(F)F)cc1)NCc1ccco1.I. The van der Waals surface area contributed by atoms with Crippen LogP contribution in [-0.2, 0) is 13.1 Å². The van der Waals surface area contributed by atoms with Gasteiger partial charge in [-0.1, -0.05) is 12.1 Å². The molecular weight excluding hydrogens is 462 g/mol. The molecule has 26 heavy (non-hydrogen) atoms. The van der Waals surface area contributed by atoms with Crippen molar-refractivity contribution in [1.82, 2.24) is 10.6 Å². The third-order valence-corrected chi connectivity index (χ3v) is 3.10. The van der Waals surface area contributed by atoms with E-state index in [1.54, 1.807) is 18.4 Å². The van der Waals surface area contributed by atoms with Crippen molar-refractivity contribution in [3.63, 3.8) is 0 Å². The second kappa shape index (κ2) is 10.9. The van der Waals surface area contributed by atoms with E-state index in [1.807, 2.05) is 19.1 Å². The molecule has 0 spiro atoms. The van der Waals surface area contributed by atoms with E-state index in [2.05, 4.69) is 20.4 Å². The first-order valence-electron chi connectivity index (χ1n) is 7.79. The fraction of sp³-hybridized carbons (Fsp3) is 0.353. The van der Waals surface area contributed by atoms with Crippen LogP contribution >= 0.6 is 24.0 Å². The predicted octanol–water partition coefficient (Wildman–Crippen LogP) is 4.09. The van der Waals surface area contributed by atoms with Gasteiger partial charge in [0.05, 0.1) is 19.4 Å². The summed E-state index contributed by atoms with van der Waals surface area (Å²) in [5, 5.41) is 6.25. The Balaban J connectivity index is 0.00000338. The van der Waals surface area contributed by atoms with Crippen LogP contribution in [0, 0.1) is 0 Å². The highest BCUT2D eigenvalue weighted by Crippen LogP contribution is 2.19. The van der Waals surface area contributed by atoms with Crippen molar-refractivity contribution < 1.29 is 22.3 Å². The molecular formula is C17H21F3IN3O2. The lowest BCUT2D eigenvalue weighted by Crippen LogP contribution is -2.36. The third kappa shape index (κ3) is 8.45. The van der Waals surface area contributed by atoms with Gasteiger partial charge in [-0.2, -0.15) is 13.2 Å². The van der Waals surface area contributed by atoms with Crippen LogP contribution in [0.1, 0.15) is 18.2 Å². The molecule has 0 aliphatic carbocycles. The molecule has 2 aromatic rings. The lowest BCUT2D eigenvalue weighted by molar-refractivity contribution is -0.153. The van der Waals surface area contributed by atoms with E-state index in [1.165, 1.54) is 12.1 Å². The lowest BCUT2D eigenvalue weighted by atomic mass is 10.2. The number of alkyl halides is 3. The maximum atomic E-state index is 12.1. The molecule has 0 aliphatic heterocycles. The molecule has 1 aromatic heterocycles. The summed E-state index contributed by atoms with van der Waals surface area (Å²) >= 11 is 0. The number of rotatable bonds is 7. The molecule has 0 saturated carbocycles. The van der Waals surface area contributed by atoms with E-state index >= 15 is 0 Å². The minimum atomic E-state index is -4.34. The number of furan rings is 1. The minimum absolute atomic E-state index is 0. The standard InChI is InChI=1S/C17H20F3N3O2.HI/c1-2-21-16(23-11-15-4-3-9-24-15)22-10-13-5-7-14(8-6-13)25-12-17(18,19)20;/h3-9H,2,10-12H2,1H3,(H2,21,22,23);1H. The molecule has 1 aromatic carbocycles. The van der Waals surface area contributed by atoms with E-state index in [0.717, 1.165) is 11.3 Å². The van der Waals surface area contributed by atoms with Crippen molar-refractivity contribution in [2.45, 2.75) is 26.2 Å². The van der Waals surface area contributed by atoms with Crippen LogP contribution in [0.25, 0.3) is 0 Å². The number of nitrogens with one attached hydrogen (secondary N) is 2. The summed E-state index contributed by atoms with van der Waals surface area (Å²) in [6.07, 6.45) is -2.74. The first kappa shape index (κ1) is 22.1. The lowest BCUT2D eigenvalue weighted by Gasteiger charge is -2.11. The molecule has 9 heteroatoms. The van der Waals surface area contributed by atoms with E-state index in [-0.39, 0.29) is 29.7 Å². The number of benzene rings is 1. The van der Waals surface area contributed by atoms with Crippen LogP contribution in [0.2, 0.25) is 0 Å². The zero-order chi connectivity index (χ0) is 18.1. The van der Waals surface area contributed by atoms with Crippen molar-refractivity contribution in [1.29, 1.82) is 0 Å². The summed E-state index contributed by atoms with van der Waals surface area (Å²) in [6.45, 7) is 2.24. The molecule has 0 atom stereocenters. The van der Waals surface area contributed by atoms with E-state index < -0.39 is 12.8 Å². The van der Waals surface area contributed by atoms with Crippen LogP contribution in [0.4, 0.5) is 13.2 Å². The number of guanidine groups is 1. The van der Waals surface area contributed by atoms with Gasteiger partial charge in [-0.25, -0.2) is 4.99 Å². The molecule has 0 radical (unpaired) electrons. The van der Waals surface area contributed by atoms with Gasteiger partial charge in [-0.3, -0.25) is 0 Å². The van der Waals surface area contributed by atoms with Gasteiger partial charge in [0.2, 0.25) is 0 Å². The minimum Gasteiger partial charge on any atom is -0.484 e. The summed E-state index contributed by atoms with van der Waals surface area (Å²) in [4.78, 5) is 4.43. The largest absolute Gasteiger partial charge is 0.484 e. The molecule has 2 N–H and O–H groups in total. The molecule has 5 nitrogen and oxygen atoms in total. The predicted molar refractivity (Wildman–Crippen MR) is 104 cm³/mol. The summed E-state index contributed by atoms with van der Waals surface area (Å²) in [7, 11) is 0. The number of hydrogen-bond donors (Lipinski definition) is 2. The monoisotopic (exact) mass is 483 g/mol. The molecule has 0 unspecified atom stereocenters. The average Bonchev–Trinajstić information content (AvgIpc) is 3.09. The molecule has 0 bridgehead atoms. The van der Waals surface area contributed by atoms with Gasteiger partial charge in [0, 0.05) is 6.54 Å². The van der Waals surface area contributed by atoms with E-state index in [4.69, 9.17) is 4.42 Å².